The normalized spacial score (nSPS) is 15.4. The van der Waals surface area contributed by atoms with Crippen LogP contribution in [0.2, 0.25) is 0 Å². The van der Waals surface area contributed by atoms with E-state index in [1.54, 1.807) is 0 Å². The number of hydrogen-bond acceptors (Lipinski definition) is 5. The van der Waals surface area contributed by atoms with Crippen LogP contribution in [0.1, 0.15) is 43.7 Å². The fourth-order valence-electron chi connectivity index (χ4n) is 3.78. The number of benzene rings is 1. The fraction of sp³-hybridized carbons (Fsp3) is 0.385. The standard InChI is InChI=1S/C15H9F4N3O.C6H8N2.C5H10O/c1-22-14(23)9-4-5-20-13(11(9)7-21-22)10-3-2-8(6-12(10)16)15(17,18)19;1-4-7-8(5-1)6-2-3-6;1-2-4-6-5-3-1/h2-7H,1H3;1,4-6H,2-3H2;1-5H2. The number of pyridine rings is 1. The van der Waals surface area contributed by atoms with Crippen molar-refractivity contribution < 1.29 is 22.3 Å². The molecule has 37 heavy (non-hydrogen) atoms. The molecule has 2 aliphatic rings. The Balaban J connectivity index is 0.000000183. The van der Waals surface area contributed by atoms with E-state index >= 15 is 0 Å². The minimum atomic E-state index is -4.64. The Morgan fingerprint density at radius 1 is 1.00 bits per heavy atom. The predicted molar refractivity (Wildman–Crippen MR) is 130 cm³/mol. The fourth-order valence-corrected chi connectivity index (χ4v) is 3.78. The van der Waals surface area contributed by atoms with E-state index in [9.17, 15) is 22.4 Å². The van der Waals surface area contributed by atoms with Crippen molar-refractivity contribution >= 4 is 10.8 Å². The van der Waals surface area contributed by atoms with Gasteiger partial charge < -0.3 is 4.74 Å². The zero-order valence-corrected chi connectivity index (χ0v) is 20.3. The molecule has 1 aliphatic heterocycles. The molecule has 4 heterocycles. The molecule has 4 aromatic rings. The second-order valence-corrected chi connectivity index (χ2v) is 8.78. The number of aryl methyl sites for hydroxylation is 1. The summed E-state index contributed by atoms with van der Waals surface area (Å²) < 4.78 is 60.2. The van der Waals surface area contributed by atoms with E-state index in [1.165, 1.54) is 57.6 Å². The summed E-state index contributed by atoms with van der Waals surface area (Å²) >= 11 is 0. The zero-order valence-electron chi connectivity index (χ0n) is 20.3. The van der Waals surface area contributed by atoms with Crippen LogP contribution in [0.25, 0.3) is 22.0 Å². The highest BCUT2D eigenvalue weighted by Gasteiger charge is 2.31. The van der Waals surface area contributed by atoms with Crippen LogP contribution < -0.4 is 5.56 Å². The Labute approximate surface area is 210 Å². The number of alkyl halides is 3. The van der Waals surface area contributed by atoms with Gasteiger partial charge in [0.25, 0.3) is 5.56 Å². The Bertz CT molecular complexity index is 1370. The smallest absolute Gasteiger partial charge is 0.381 e. The minimum absolute atomic E-state index is 0.0684. The predicted octanol–water partition coefficient (Wildman–Crippen LogP) is 5.56. The van der Waals surface area contributed by atoms with Gasteiger partial charge in [-0.3, -0.25) is 14.5 Å². The quantitative estimate of drug-likeness (QED) is 0.326. The van der Waals surface area contributed by atoms with Gasteiger partial charge >= 0.3 is 6.18 Å². The lowest BCUT2D eigenvalue weighted by Crippen LogP contribution is -2.19. The van der Waals surface area contributed by atoms with Crippen molar-refractivity contribution in [2.45, 2.75) is 44.3 Å². The molecule has 1 saturated heterocycles. The first-order valence-corrected chi connectivity index (χ1v) is 12.0. The van der Waals surface area contributed by atoms with E-state index in [4.69, 9.17) is 4.74 Å². The number of rotatable bonds is 2. The Morgan fingerprint density at radius 3 is 2.30 bits per heavy atom. The molecule has 0 bridgehead atoms. The molecule has 3 aromatic heterocycles. The first kappa shape index (κ1) is 26.5. The van der Waals surface area contributed by atoms with Crippen LogP contribution in [-0.2, 0) is 18.0 Å². The first-order valence-electron chi connectivity index (χ1n) is 12.0. The topological polar surface area (TPSA) is 74.8 Å². The van der Waals surface area contributed by atoms with Gasteiger partial charge in [-0.05, 0) is 62.4 Å². The lowest BCUT2D eigenvalue weighted by Gasteiger charge is -2.10. The SMILES string of the molecule is C1CCOCC1.Cn1ncc2c(-c3ccc(C(F)(F)F)cc3F)nccc2c1=O.c1cnn(C2CC2)c1. The highest BCUT2D eigenvalue weighted by molar-refractivity contribution is 5.93. The molecule has 0 radical (unpaired) electrons. The third-order valence-electron chi connectivity index (χ3n) is 5.95. The summed E-state index contributed by atoms with van der Waals surface area (Å²) in [6.07, 6.45) is 8.43. The Morgan fingerprint density at radius 2 is 1.76 bits per heavy atom. The summed E-state index contributed by atoms with van der Waals surface area (Å²) in [5.74, 6) is -1.07. The molecular formula is C26H27F4N5O2. The van der Waals surface area contributed by atoms with Gasteiger partial charge in [-0.15, -0.1) is 0 Å². The number of hydrogen-bond donors (Lipinski definition) is 0. The molecule has 11 heteroatoms. The zero-order chi connectivity index (χ0) is 26.4. The minimum Gasteiger partial charge on any atom is -0.381 e. The van der Waals surface area contributed by atoms with Crippen molar-refractivity contribution in [2.24, 2.45) is 7.05 Å². The summed E-state index contributed by atoms with van der Waals surface area (Å²) in [5.41, 5.74) is -1.55. The van der Waals surface area contributed by atoms with Gasteiger partial charge in [-0.25, -0.2) is 9.07 Å². The largest absolute Gasteiger partial charge is 0.416 e. The van der Waals surface area contributed by atoms with Gasteiger partial charge in [-0.2, -0.15) is 23.4 Å². The monoisotopic (exact) mass is 517 g/mol. The lowest BCUT2D eigenvalue weighted by atomic mass is 10.0. The van der Waals surface area contributed by atoms with Crippen molar-refractivity contribution in [1.82, 2.24) is 24.5 Å². The molecule has 7 nitrogen and oxygen atoms in total. The van der Waals surface area contributed by atoms with Crippen LogP contribution in [-0.4, -0.2) is 37.8 Å². The van der Waals surface area contributed by atoms with E-state index < -0.39 is 23.1 Å². The molecule has 0 amide bonds. The molecule has 196 valence electrons. The number of aromatic nitrogens is 5. The van der Waals surface area contributed by atoms with Gasteiger partial charge in [0.05, 0.1) is 28.9 Å². The van der Waals surface area contributed by atoms with Gasteiger partial charge in [0.2, 0.25) is 0 Å². The number of halogens is 4. The third-order valence-corrected chi connectivity index (χ3v) is 5.95. The average molecular weight is 518 g/mol. The van der Waals surface area contributed by atoms with Gasteiger partial charge in [0.15, 0.2) is 0 Å². The summed E-state index contributed by atoms with van der Waals surface area (Å²) in [5, 5.41) is 8.46. The number of fused-ring (bicyclic) bond motifs is 1. The molecule has 1 saturated carbocycles. The molecule has 0 atom stereocenters. The van der Waals surface area contributed by atoms with Crippen molar-refractivity contribution in [3.63, 3.8) is 0 Å². The lowest BCUT2D eigenvalue weighted by molar-refractivity contribution is -0.137. The van der Waals surface area contributed by atoms with Crippen LogP contribution in [0.15, 0.2) is 59.9 Å². The van der Waals surface area contributed by atoms with Crippen LogP contribution in [0.4, 0.5) is 17.6 Å². The van der Waals surface area contributed by atoms with E-state index in [0.717, 1.165) is 36.1 Å². The highest BCUT2D eigenvalue weighted by atomic mass is 19.4. The highest BCUT2D eigenvalue weighted by Crippen LogP contribution is 2.34. The second kappa shape index (κ2) is 11.6. The van der Waals surface area contributed by atoms with Crippen LogP contribution in [0.5, 0.6) is 0 Å². The van der Waals surface area contributed by atoms with Gasteiger partial charge in [-0.1, -0.05) is 0 Å². The maximum Gasteiger partial charge on any atom is 0.416 e. The summed E-state index contributed by atoms with van der Waals surface area (Å²) in [6.45, 7) is 2.00. The summed E-state index contributed by atoms with van der Waals surface area (Å²) in [6, 6.07) is 6.34. The van der Waals surface area contributed by atoms with Crippen molar-refractivity contribution in [3.05, 3.63) is 76.9 Å². The van der Waals surface area contributed by atoms with Crippen LogP contribution in [0.3, 0.4) is 0 Å². The Hall–Kier alpha value is -3.60. The molecule has 0 N–H and O–H groups in total. The summed E-state index contributed by atoms with van der Waals surface area (Å²) in [7, 11) is 1.46. The van der Waals surface area contributed by atoms with E-state index in [-0.39, 0.29) is 22.0 Å². The van der Waals surface area contributed by atoms with Gasteiger partial charge in [0, 0.05) is 49.8 Å². The molecule has 0 spiro atoms. The van der Waals surface area contributed by atoms with Crippen molar-refractivity contribution in [2.75, 3.05) is 13.2 Å². The maximum atomic E-state index is 14.1. The van der Waals surface area contributed by atoms with Crippen LogP contribution >= 0.6 is 0 Å². The molecule has 1 aliphatic carbocycles. The third kappa shape index (κ3) is 6.79. The van der Waals surface area contributed by atoms with E-state index in [2.05, 4.69) is 15.2 Å². The maximum absolute atomic E-state index is 14.1. The second-order valence-electron chi connectivity index (χ2n) is 8.78. The molecular weight excluding hydrogens is 490 g/mol. The summed E-state index contributed by atoms with van der Waals surface area (Å²) in [4.78, 5) is 16.0. The molecule has 6 rings (SSSR count). The van der Waals surface area contributed by atoms with Gasteiger partial charge in [0.1, 0.15) is 5.82 Å². The van der Waals surface area contributed by atoms with Crippen molar-refractivity contribution in [1.29, 1.82) is 0 Å². The molecule has 1 aromatic carbocycles. The number of nitrogens with zero attached hydrogens (tertiary/aromatic N) is 5. The first-order chi connectivity index (χ1) is 17.8. The Kier molecular flexibility index (Phi) is 8.32. The molecule has 2 fully saturated rings. The van der Waals surface area contributed by atoms with Crippen LogP contribution in [0, 0.1) is 5.82 Å². The number of ether oxygens (including phenoxy) is 1. The van der Waals surface area contributed by atoms with E-state index in [0.29, 0.717) is 6.07 Å². The molecule has 0 unspecified atom stereocenters. The average Bonchev–Trinajstić information content (AvgIpc) is 3.61. The van der Waals surface area contributed by atoms with Crippen molar-refractivity contribution in [3.8, 4) is 11.3 Å². The van der Waals surface area contributed by atoms with E-state index in [1.807, 2.05) is 23.1 Å².